The fraction of sp³-hybridized carbons (Fsp3) is 0.143. The van der Waals surface area contributed by atoms with Crippen LogP contribution in [0.1, 0.15) is 11.1 Å². The molecule has 0 amide bonds. The monoisotopic (exact) mass is 282 g/mol. The maximum Gasteiger partial charge on any atom is 0.143 e. The van der Waals surface area contributed by atoms with Gasteiger partial charge in [-0.25, -0.2) is 0 Å². The molecular weight excluding hydrogens is 271 g/mol. The highest BCUT2D eigenvalue weighted by Gasteiger charge is 2.07. The van der Waals surface area contributed by atoms with Crippen molar-refractivity contribution in [2.24, 2.45) is 0 Å². The van der Waals surface area contributed by atoms with E-state index in [4.69, 9.17) is 27.9 Å². The minimum atomic E-state index is -0.101. The molecule has 18 heavy (non-hydrogen) atoms. The Bertz CT molecular complexity index is 524. The summed E-state index contributed by atoms with van der Waals surface area (Å²) < 4.78 is 5.65. The average molecular weight is 283 g/mol. The van der Waals surface area contributed by atoms with Crippen LogP contribution in [-0.2, 0) is 13.2 Å². The molecule has 0 saturated carbocycles. The number of aliphatic hydroxyl groups is 1. The molecule has 0 saturated heterocycles. The first-order valence-corrected chi connectivity index (χ1v) is 6.22. The van der Waals surface area contributed by atoms with Crippen molar-refractivity contribution in [2.45, 2.75) is 13.2 Å². The van der Waals surface area contributed by atoms with Gasteiger partial charge >= 0.3 is 0 Å². The first-order chi connectivity index (χ1) is 8.70. The summed E-state index contributed by atoms with van der Waals surface area (Å²) in [5.41, 5.74) is 1.67. The van der Waals surface area contributed by atoms with Crippen LogP contribution in [0.5, 0.6) is 5.75 Å². The molecule has 2 aromatic rings. The summed E-state index contributed by atoms with van der Waals surface area (Å²) in [6.07, 6.45) is 0. The SMILES string of the molecule is OCc1cccc(Cl)c1OCc1ccc(Cl)cc1. The van der Waals surface area contributed by atoms with Gasteiger partial charge in [-0.1, -0.05) is 47.5 Å². The minimum Gasteiger partial charge on any atom is -0.487 e. The summed E-state index contributed by atoms with van der Waals surface area (Å²) in [6, 6.07) is 12.7. The van der Waals surface area contributed by atoms with E-state index in [9.17, 15) is 5.11 Å². The smallest absolute Gasteiger partial charge is 0.143 e. The van der Waals surface area contributed by atoms with Crippen LogP contribution in [0.2, 0.25) is 10.0 Å². The van der Waals surface area contributed by atoms with Crippen LogP contribution < -0.4 is 4.74 Å². The third-order valence-corrected chi connectivity index (χ3v) is 3.06. The largest absolute Gasteiger partial charge is 0.487 e. The van der Waals surface area contributed by atoms with Gasteiger partial charge in [0.05, 0.1) is 11.6 Å². The lowest BCUT2D eigenvalue weighted by atomic mass is 10.2. The fourth-order valence-electron chi connectivity index (χ4n) is 1.58. The lowest BCUT2D eigenvalue weighted by Crippen LogP contribution is -1.99. The van der Waals surface area contributed by atoms with E-state index in [1.54, 1.807) is 30.3 Å². The molecule has 0 aliphatic heterocycles. The van der Waals surface area contributed by atoms with Crippen LogP contribution in [0.25, 0.3) is 0 Å². The minimum absolute atomic E-state index is 0.101. The maximum atomic E-state index is 9.22. The molecule has 0 bridgehead atoms. The zero-order valence-corrected chi connectivity index (χ0v) is 11.1. The summed E-state index contributed by atoms with van der Waals surface area (Å²) >= 11 is 11.8. The van der Waals surface area contributed by atoms with Gasteiger partial charge in [0.1, 0.15) is 12.4 Å². The predicted octanol–water partition coefficient (Wildman–Crippen LogP) is 4.06. The zero-order valence-electron chi connectivity index (χ0n) is 9.57. The second kappa shape index (κ2) is 6.10. The van der Waals surface area contributed by atoms with Gasteiger partial charge in [0.15, 0.2) is 0 Å². The Morgan fingerprint density at radius 1 is 1.00 bits per heavy atom. The lowest BCUT2D eigenvalue weighted by molar-refractivity contribution is 0.259. The lowest BCUT2D eigenvalue weighted by Gasteiger charge is -2.11. The molecule has 0 aliphatic carbocycles. The number of para-hydroxylation sites is 1. The van der Waals surface area contributed by atoms with Crippen LogP contribution in [0, 0.1) is 0 Å². The Hall–Kier alpha value is -1.22. The molecule has 4 heteroatoms. The van der Waals surface area contributed by atoms with E-state index in [1.165, 1.54) is 0 Å². The molecule has 0 aromatic heterocycles. The van der Waals surface area contributed by atoms with Crippen molar-refractivity contribution < 1.29 is 9.84 Å². The van der Waals surface area contributed by atoms with Crippen molar-refractivity contribution >= 4 is 23.2 Å². The Morgan fingerprint density at radius 3 is 2.39 bits per heavy atom. The molecule has 1 N–H and O–H groups in total. The quantitative estimate of drug-likeness (QED) is 0.916. The summed E-state index contributed by atoms with van der Waals surface area (Å²) in [5, 5.41) is 10.4. The summed E-state index contributed by atoms with van der Waals surface area (Å²) in [7, 11) is 0. The maximum absolute atomic E-state index is 9.22. The van der Waals surface area contributed by atoms with E-state index < -0.39 is 0 Å². The van der Waals surface area contributed by atoms with Crippen LogP contribution >= 0.6 is 23.2 Å². The Morgan fingerprint density at radius 2 is 1.72 bits per heavy atom. The molecule has 0 aliphatic rings. The van der Waals surface area contributed by atoms with E-state index in [2.05, 4.69) is 0 Å². The summed E-state index contributed by atoms with van der Waals surface area (Å²) in [4.78, 5) is 0. The zero-order chi connectivity index (χ0) is 13.0. The van der Waals surface area contributed by atoms with Crippen molar-refractivity contribution in [3.8, 4) is 5.75 Å². The van der Waals surface area contributed by atoms with Crippen LogP contribution in [0.4, 0.5) is 0 Å². The molecular formula is C14H12Cl2O2. The standard InChI is InChI=1S/C14H12Cl2O2/c15-12-6-4-10(5-7-12)9-18-14-11(8-17)2-1-3-13(14)16/h1-7,17H,8-9H2. The molecule has 2 rings (SSSR count). The van der Waals surface area contributed by atoms with Gasteiger partial charge in [0, 0.05) is 10.6 Å². The van der Waals surface area contributed by atoms with Gasteiger partial charge in [0.25, 0.3) is 0 Å². The van der Waals surface area contributed by atoms with Gasteiger partial charge in [-0.2, -0.15) is 0 Å². The molecule has 2 nitrogen and oxygen atoms in total. The van der Waals surface area contributed by atoms with Gasteiger partial charge in [-0.3, -0.25) is 0 Å². The first kappa shape index (κ1) is 13.2. The van der Waals surface area contributed by atoms with Gasteiger partial charge in [-0.15, -0.1) is 0 Å². The molecule has 0 unspecified atom stereocenters. The molecule has 0 heterocycles. The van der Waals surface area contributed by atoms with Crippen LogP contribution in [-0.4, -0.2) is 5.11 Å². The molecule has 0 fully saturated rings. The topological polar surface area (TPSA) is 29.5 Å². The Labute approximate surface area is 116 Å². The first-order valence-electron chi connectivity index (χ1n) is 5.46. The highest BCUT2D eigenvalue weighted by Crippen LogP contribution is 2.29. The highest BCUT2D eigenvalue weighted by molar-refractivity contribution is 6.32. The van der Waals surface area contributed by atoms with Gasteiger partial charge < -0.3 is 9.84 Å². The Kier molecular flexibility index (Phi) is 4.48. The Balaban J connectivity index is 2.12. The number of aliphatic hydroxyl groups excluding tert-OH is 1. The van der Waals surface area contributed by atoms with E-state index >= 15 is 0 Å². The second-order valence-electron chi connectivity index (χ2n) is 3.80. The predicted molar refractivity (Wildman–Crippen MR) is 73.2 cm³/mol. The normalized spacial score (nSPS) is 10.4. The number of hydrogen-bond donors (Lipinski definition) is 1. The van der Waals surface area contributed by atoms with E-state index in [1.807, 2.05) is 12.1 Å². The second-order valence-corrected chi connectivity index (χ2v) is 4.64. The third-order valence-electron chi connectivity index (χ3n) is 2.52. The van der Waals surface area contributed by atoms with Gasteiger partial charge in [-0.05, 0) is 23.8 Å². The number of benzene rings is 2. The van der Waals surface area contributed by atoms with E-state index in [-0.39, 0.29) is 6.61 Å². The molecule has 0 radical (unpaired) electrons. The van der Waals surface area contributed by atoms with Crippen molar-refractivity contribution in [3.63, 3.8) is 0 Å². The van der Waals surface area contributed by atoms with Gasteiger partial charge in [0.2, 0.25) is 0 Å². The number of halogens is 2. The average Bonchev–Trinajstić information content (AvgIpc) is 2.39. The van der Waals surface area contributed by atoms with E-state index in [0.29, 0.717) is 28.0 Å². The summed E-state index contributed by atoms with van der Waals surface area (Å²) in [5.74, 6) is 0.525. The molecule has 0 atom stereocenters. The highest BCUT2D eigenvalue weighted by atomic mass is 35.5. The van der Waals surface area contributed by atoms with Crippen LogP contribution in [0.15, 0.2) is 42.5 Å². The summed E-state index contributed by atoms with van der Waals surface area (Å²) in [6.45, 7) is 0.282. The number of hydrogen-bond acceptors (Lipinski definition) is 2. The van der Waals surface area contributed by atoms with Crippen molar-refractivity contribution in [1.82, 2.24) is 0 Å². The number of ether oxygens (including phenoxy) is 1. The van der Waals surface area contributed by atoms with Crippen molar-refractivity contribution in [3.05, 3.63) is 63.6 Å². The molecule has 94 valence electrons. The van der Waals surface area contributed by atoms with Crippen molar-refractivity contribution in [1.29, 1.82) is 0 Å². The van der Waals surface area contributed by atoms with Crippen molar-refractivity contribution in [2.75, 3.05) is 0 Å². The molecule has 2 aromatic carbocycles. The van der Waals surface area contributed by atoms with Crippen LogP contribution in [0.3, 0.4) is 0 Å². The third kappa shape index (κ3) is 3.16. The molecule has 0 spiro atoms. The fourth-order valence-corrected chi connectivity index (χ4v) is 1.95. The number of rotatable bonds is 4. The van der Waals surface area contributed by atoms with E-state index in [0.717, 1.165) is 5.56 Å².